The molecule has 188 valence electrons. The van der Waals surface area contributed by atoms with E-state index >= 15 is 0 Å². The highest BCUT2D eigenvalue weighted by Crippen LogP contribution is 2.57. The molecule has 0 saturated carbocycles. The van der Waals surface area contributed by atoms with Gasteiger partial charge < -0.3 is 9.15 Å². The fourth-order valence-electron chi connectivity index (χ4n) is 7.51. The molecule has 1 spiro atoms. The van der Waals surface area contributed by atoms with Crippen LogP contribution < -0.4 is 14.0 Å². The van der Waals surface area contributed by atoms with Gasteiger partial charge in [-0.15, -0.1) is 9.25 Å². The van der Waals surface area contributed by atoms with E-state index < -0.39 is 5.66 Å². The van der Waals surface area contributed by atoms with Gasteiger partial charge in [-0.1, -0.05) is 53.2 Å². The molecule has 0 amide bonds. The molecule has 0 bridgehead atoms. The Balaban J connectivity index is 1.36. The molecule has 3 aromatic heterocycles. The molecule has 0 radical (unpaired) electrons. The summed E-state index contributed by atoms with van der Waals surface area (Å²) in [5.74, 6) is 3.67. The summed E-state index contributed by atoms with van der Waals surface area (Å²) in [6.07, 6.45) is 1.78. The molecule has 0 fully saturated rings. The third-order valence-electron chi connectivity index (χ3n) is 8.82. The first-order valence-corrected chi connectivity index (χ1v) is 13.4. The fraction of sp³-hybridized carbons (Fsp3) is 0.152. The summed E-state index contributed by atoms with van der Waals surface area (Å²) < 4.78 is 22.5. The van der Waals surface area contributed by atoms with Gasteiger partial charge in [0, 0.05) is 26.8 Å². The zero-order valence-electron chi connectivity index (χ0n) is 22.2. The smallest absolute Gasteiger partial charge is 0.398 e. The SMILES string of the molecule is Cc1c2[n+](c(C)n1-c1ccc(-c3ccccc3)cc1)C13c4c(cccc4-n4c(C)cc(C)[n+]41)Oc1coc-2c13. The highest BCUT2D eigenvalue weighted by Gasteiger charge is 2.73. The lowest BCUT2D eigenvalue weighted by Gasteiger charge is -2.24. The highest BCUT2D eigenvalue weighted by molar-refractivity contribution is 5.74. The van der Waals surface area contributed by atoms with Gasteiger partial charge in [0.2, 0.25) is 11.4 Å². The summed E-state index contributed by atoms with van der Waals surface area (Å²) in [4.78, 5) is 0. The number of furan rings is 1. The van der Waals surface area contributed by atoms with E-state index in [9.17, 15) is 0 Å². The Morgan fingerprint density at radius 2 is 1.54 bits per heavy atom. The first-order valence-electron chi connectivity index (χ1n) is 13.4. The lowest BCUT2D eigenvalue weighted by Crippen LogP contribution is -2.74. The van der Waals surface area contributed by atoms with Crippen molar-refractivity contribution in [3.05, 3.63) is 119 Å². The van der Waals surface area contributed by atoms with Crippen molar-refractivity contribution in [2.45, 2.75) is 33.4 Å². The molecular weight excluding hydrogens is 484 g/mol. The van der Waals surface area contributed by atoms with Crippen LogP contribution >= 0.6 is 0 Å². The van der Waals surface area contributed by atoms with Crippen LogP contribution in [0.1, 0.15) is 34.0 Å². The molecule has 1 unspecified atom stereocenters. The first kappa shape index (κ1) is 21.1. The molecule has 6 heteroatoms. The van der Waals surface area contributed by atoms with Crippen molar-refractivity contribution >= 4 is 0 Å². The summed E-state index contributed by atoms with van der Waals surface area (Å²) in [5.41, 5.74) is 10.9. The summed E-state index contributed by atoms with van der Waals surface area (Å²) in [5, 5.41) is 0. The van der Waals surface area contributed by atoms with Gasteiger partial charge in [0.15, 0.2) is 22.8 Å². The second-order valence-corrected chi connectivity index (χ2v) is 10.8. The predicted molar refractivity (Wildman–Crippen MR) is 146 cm³/mol. The Bertz CT molecular complexity index is 2020. The molecule has 39 heavy (non-hydrogen) atoms. The first-order chi connectivity index (χ1) is 19.0. The van der Waals surface area contributed by atoms with Crippen molar-refractivity contribution < 1.29 is 18.4 Å². The van der Waals surface area contributed by atoms with Crippen LogP contribution in [0.15, 0.2) is 89.5 Å². The number of rotatable bonds is 2. The Kier molecular flexibility index (Phi) is 3.67. The topological polar surface area (TPSA) is 40.0 Å². The number of fused-ring (bicyclic) bond motifs is 4. The average Bonchev–Trinajstić information content (AvgIpc) is 3.71. The maximum atomic E-state index is 6.48. The molecule has 0 N–H and O–H groups in total. The van der Waals surface area contributed by atoms with Gasteiger partial charge in [0.25, 0.3) is 5.82 Å². The molecule has 3 aromatic carbocycles. The van der Waals surface area contributed by atoms with Crippen LogP contribution in [0, 0.1) is 27.7 Å². The maximum Gasteiger partial charge on any atom is 0.398 e. The van der Waals surface area contributed by atoms with Gasteiger partial charge in [0.05, 0.1) is 5.69 Å². The number of ether oxygens (including phenoxy) is 1. The Morgan fingerprint density at radius 1 is 0.769 bits per heavy atom. The Labute approximate surface area is 225 Å². The van der Waals surface area contributed by atoms with Crippen molar-refractivity contribution in [1.29, 1.82) is 0 Å². The quantitative estimate of drug-likeness (QED) is 0.266. The van der Waals surface area contributed by atoms with Crippen molar-refractivity contribution in [1.82, 2.24) is 9.25 Å². The standard InChI is InChI=1S/C33H26N4O2/c1-19-17-20(2)37-33-29-26(36(19)37)11-8-12-27(29)39-28-18-38-32(30(28)33)31-21(3)34(22(4)35(31)33)25-15-13-24(14-16-25)23-9-6-5-7-10-23/h5-18H,1-4H3/q+2. The van der Waals surface area contributed by atoms with Crippen molar-refractivity contribution in [3.8, 4) is 45.5 Å². The molecule has 0 saturated heterocycles. The molecule has 1 atom stereocenters. The Hall–Kier alpha value is -4.84. The van der Waals surface area contributed by atoms with E-state index in [0.717, 1.165) is 57.0 Å². The van der Waals surface area contributed by atoms with Crippen LogP contribution in [0.2, 0.25) is 0 Å². The molecule has 0 aliphatic carbocycles. The molecular formula is C33H26N4O2+2. The van der Waals surface area contributed by atoms with Gasteiger partial charge in [-0.25, -0.2) is 0 Å². The number of hydrogen-bond acceptors (Lipinski definition) is 2. The third kappa shape index (κ3) is 2.23. The van der Waals surface area contributed by atoms with Crippen LogP contribution in [-0.2, 0) is 5.66 Å². The molecule has 6 aromatic rings. The van der Waals surface area contributed by atoms with Crippen molar-refractivity contribution in [3.63, 3.8) is 0 Å². The van der Waals surface area contributed by atoms with E-state index in [4.69, 9.17) is 9.15 Å². The van der Waals surface area contributed by atoms with Crippen LogP contribution in [0.25, 0.3) is 34.0 Å². The van der Waals surface area contributed by atoms with E-state index in [-0.39, 0.29) is 0 Å². The lowest BCUT2D eigenvalue weighted by molar-refractivity contribution is -0.991. The van der Waals surface area contributed by atoms with Gasteiger partial charge >= 0.3 is 5.66 Å². The zero-order chi connectivity index (χ0) is 26.2. The monoisotopic (exact) mass is 510 g/mol. The molecule has 9 rings (SSSR count). The minimum absolute atomic E-state index is 0.625. The second-order valence-electron chi connectivity index (χ2n) is 10.8. The highest BCUT2D eigenvalue weighted by atomic mass is 16.5. The van der Waals surface area contributed by atoms with Crippen LogP contribution in [0.4, 0.5) is 0 Å². The van der Waals surface area contributed by atoms with Gasteiger partial charge in [-0.3, -0.25) is 0 Å². The largest absolute Gasteiger partial charge is 0.455 e. The molecule has 3 aliphatic heterocycles. The normalized spacial score (nSPS) is 17.0. The van der Waals surface area contributed by atoms with E-state index in [2.05, 4.69) is 125 Å². The maximum absolute atomic E-state index is 6.48. The second kappa shape index (κ2) is 6.77. The van der Waals surface area contributed by atoms with Gasteiger partial charge in [-0.2, -0.15) is 4.57 Å². The number of benzene rings is 3. The number of nitrogens with zero attached hydrogens (tertiary/aromatic N) is 4. The van der Waals surface area contributed by atoms with Crippen LogP contribution in [0.5, 0.6) is 11.5 Å². The number of imidazole rings is 1. The predicted octanol–water partition coefficient (Wildman–Crippen LogP) is 6.03. The summed E-state index contributed by atoms with van der Waals surface area (Å²) in [6.45, 7) is 8.77. The Morgan fingerprint density at radius 3 is 2.33 bits per heavy atom. The minimum Gasteiger partial charge on any atom is -0.455 e. The molecule has 6 nitrogen and oxygen atoms in total. The van der Waals surface area contributed by atoms with Crippen molar-refractivity contribution in [2.24, 2.45) is 0 Å². The molecule has 3 aliphatic rings. The van der Waals surface area contributed by atoms with Gasteiger partial charge in [-0.05, 0) is 42.3 Å². The van der Waals surface area contributed by atoms with E-state index in [0.29, 0.717) is 0 Å². The summed E-state index contributed by atoms with van der Waals surface area (Å²) in [6, 6.07) is 28.0. The number of hydrogen-bond donors (Lipinski definition) is 0. The third-order valence-corrected chi connectivity index (χ3v) is 8.82. The van der Waals surface area contributed by atoms with Crippen molar-refractivity contribution in [2.75, 3.05) is 0 Å². The number of aryl methyl sites for hydroxylation is 2. The van der Waals surface area contributed by atoms with Crippen LogP contribution in [0.3, 0.4) is 0 Å². The van der Waals surface area contributed by atoms with Gasteiger partial charge in [0.1, 0.15) is 29.0 Å². The lowest BCUT2D eigenvalue weighted by atomic mass is 9.89. The van der Waals surface area contributed by atoms with E-state index in [1.54, 1.807) is 6.26 Å². The van der Waals surface area contributed by atoms with E-state index in [1.807, 2.05) is 0 Å². The summed E-state index contributed by atoms with van der Waals surface area (Å²) in [7, 11) is 0. The minimum atomic E-state index is -0.625. The number of aromatic nitrogens is 4. The molecule has 6 heterocycles. The zero-order valence-corrected chi connectivity index (χ0v) is 22.2. The average molecular weight is 511 g/mol. The van der Waals surface area contributed by atoms with E-state index in [1.165, 1.54) is 22.5 Å². The fourth-order valence-corrected chi connectivity index (χ4v) is 7.51. The summed E-state index contributed by atoms with van der Waals surface area (Å²) >= 11 is 0. The van der Waals surface area contributed by atoms with Crippen LogP contribution in [-0.4, -0.2) is 9.25 Å².